The SMILES string of the molecule is COc1ccsc1C(=O)c1cncc(F)c1. The van der Waals surface area contributed by atoms with Gasteiger partial charge in [-0.05, 0) is 17.5 Å². The van der Waals surface area contributed by atoms with E-state index in [1.165, 1.54) is 24.6 Å². The Hall–Kier alpha value is -1.75. The minimum atomic E-state index is -0.527. The number of nitrogens with zero attached hydrogens (tertiary/aromatic N) is 1. The standard InChI is InChI=1S/C11H8FNO2S/c1-15-9-2-3-16-11(9)10(14)7-4-8(12)6-13-5-7/h2-6H,1H3. The molecule has 82 valence electrons. The van der Waals surface area contributed by atoms with Crippen LogP contribution in [0.4, 0.5) is 4.39 Å². The predicted octanol–water partition coefficient (Wildman–Crippen LogP) is 2.52. The van der Waals surface area contributed by atoms with Crippen LogP contribution < -0.4 is 4.74 Å². The normalized spacial score (nSPS) is 10.1. The molecule has 3 nitrogen and oxygen atoms in total. The second-order valence-electron chi connectivity index (χ2n) is 3.04. The third-order valence-electron chi connectivity index (χ3n) is 2.02. The Kier molecular flexibility index (Phi) is 2.96. The van der Waals surface area contributed by atoms with Gasteiger partial charge in [-0.3, -0.25) is 9.78 Å². The molecular weight excluding hydrogens is 229 g/mol. The first-order chi connectivity index (χ1) is 7.72. The Morgan fingerprint density at radius 3 is 3.00 bits per heavy atom. The number of ether oxygens (including phenoxy) is 1. The van der Waals surface area contributed by atoms with Crippen molar-refractivity contribution in [2.75, 3.05) is 7.11 Å². The molecule has 0 radical (unpaired) electrons. The van der Waals surface area contributed by atoms with Crippen molar-refractivity contribution in [2.24, 2.45) is 0 Å². The Labute approximate surface area is 95.5 Å². The molecule has 2 heterocycles. The zero-order valence-electron chi connectivity index (χ0n) is 8.44. The molecule has 0 spiro atoms. The van der Waals surface area contributed by atoms with E-state index in [0.29, 0.717) is 10.6 Å². The number of rotatable bonds is 3. The van der Waals surface area contributed by atoms with Gasteiger partial charge in [0.05, 0.1) is 13.3 Å². The molecule has 0 N–H and O–H groups in total. The predicted molar refractivity (Wildman–Crippen MR) is 58.5 cm³/mol. The highest BCUT2D eigenvalue weighted by Crippen LogP contribution is 2.27. The fourth-order valence-corrected chi connectivity index (χ4v) is 2.11. The Balaban J connectivity index is 2.39. The zero-order chi connectivity index (χ0) is 11.5. The molecule has 0 aliphatic carbocycles. The highest BCUT2D eigenvalue weighted by atomic mass is 32.1. The van der Waals surface area contributed by atoms with E-state index in [0.717, 1.165) is 12.3 Å². The second kappa shape index (κ2) is 4.40. The fourth-order valence-electron chi connectivity index (χ4n) is 1.29. The fraction of sp³-hybridized carbons (Fsp3) is 0.0909. The molecule has 2 rings (SSSR count). The third kappa shape index (κ3) is 1.94. The highest BCUT2D eigenvalue weighted by Gasteiger charge is 2.16. The zero-order valence-corrected chi connectivity index (χ0v) is 9.25. The van der Waals surface area contributed by atoms with Crippen LogP contribution in [0.3, 0.4) is 0 Å². The van der Waals surface area contributed by atoms with Crippen LogP contribution in [0.15, 0.2) is 29.9 Å². The van der Waals surface area contributed by atoms with Crippen molar-refractivity contribution >= 4 is 17.1 Å². The van der Waals surface area contributed by atoms with Gasteiger partial charge >= 0.3 is 0 Å². The minimum absolute atomic E-state index is 0.223. The summed E-state index contributed by atoms with van der Waals surface area (Å²) < 4.78 is 17.9. The van der Waals surface area contributed by atoms with Crippen LogP contribution in [-0.2, 0) is 0 Å². The van der Waals surface area contributed by atoms with Crippen LogP contribution in [0.2, 0.25) is 0 Å². The number of hydrogen-bond acceptors (Lipinski definition) is 4. The maximum absolute atomic E-state index is 12.9. The number of carbonyl (C=O) groups is 1. The first kappa shape index (κ1) is 10.8. The van der Waals surface area contributed by atoms with Crippen molar-refractivity contribution in [3.05, 3.63) is 46.2 Å². The maximum atomic E-state index is 12.9. The van der Waals surface area contributed by atoms with E-state index in [9.17, 15) is 9.18 Å². The molecular formula is C11H8FNO2S. The lowest BCUT2D eigenvalue weighted by molar-refractivity contribution is 0.103. The van der Waals surface area contributed by atoms with Crippen LogP contribution >= 0.6 is 11.3 Å². The van der Waals surface area contributed by atoms with Crippen molar-refractivity contribution in [2.45, 2.75) is 0 Å². The smallest absolute Gasteiger partial charge is 0.208 e. The van der Waals surface area contributed by atoms with Crippen molar-refractivity contribution in [3.63, 3.8) is 0 Å². The van der Waals surface area contributed by atoms with Crippen molar-refractivity contribution in [1.82, 2.24) is 4.98 Å². The third-order valence-corrected chi connectivity index (χ3v) is 2.92. The molecule has 0 saturated carbocycles. The minimum Gasteiger partial charge on any atom is -0.495 e. The lowest BCUT2D eigenvalue weighted by atomic mass is 10.1. The second-order valence-corrected chi connectivity index (χ2v) is 3.96. The van der Waals surface area contributed by atoms with Gasteiger partial charge in [-0.15, -0.1) is 11.3 Å². The van der Waals surface area contributed by atoms with Gasteiger partial charge in [-0.25, -0.2) is 4.39 Å². The van der Waals surface area contributed by atoms with Gasteiger partial charge < -0.3 is 4.74 Å². The lowest BCUT2D eigenvalue weighted by Gasteiger charge is -2.01. The van der Waals surface area contributed by atoms with E-state index < -0.39 is 5.82 Å². The van der Waals surface area contributed by atoms with E-state index in [4.69, 9.17) is 4.74 Å². The van der Waals surface area contributed by atoms with Crippen LogP contribution in [0.1, 0.15) is 15.2 Å². The van der Waals surface area contributed by atoms with Crippen molar-refractivity contribution in [3.8, 4) is 5.75 Å². The molecule has 0 fully saturated rings. The lowest BCUT2D eigenvalue weighted by Crippen LogP contribution is -2.02. The molecule has 0 aliphatic heterocycles. The number of carbonyl (C=O) groups excluding carboxylic acids is 1. The molecule has 2 aromatic rings. The molecule has 16 heavy (non-hydrogen) atoms. The first-order valence-corrected chi connectivity index (χ1v) is 5.37. The average Bonchev–Trinajstić information content (AvgIpc) is 2.76. The average molecular weight is 237 g/mol. The molecule has 0 aromatic carbocycles. The van der Waals surface area contributed by atoms with Gasteiger partial charge in [0.15, 0.2) is 0 Å². The molecule has 0 unspecified atom stereocenters. The van der Waals surface area contributed by atoms with Gasteiger partial charge in [0.1, 0.15) is 16.4 Å². The van der Waals surface area contributed by atoms with Gasteiger partial charge in [-0.2, -0.15) is 0 Å². The summed E-state index contributed by atoms with van der Waals surface area (Å²) in [5.41, 5.74) is 0.223. The summed E-state index contributed by atoms with van der Waals surface area (Å²) in [4.78, 5) is 16.1. The topological polar surface area (TPSA) is 39.2 Å². The van der Waals surface area contributed by atoms with Gasteiger partial charge in [0.2, 0.25) is 5.78 Å². The summed E-state index contributed by atoms with van der Waals surface area (Å²) in [7, 11) is 1.49. The maximum Gasteiger partial charge on any atom is 0.208 e. The monoisotopic (exact) mass is 237 g/mol. The Morgan fingerprint density at radius 2 is 2.31 bits per heavy atom. The van der Waals surface area contributed by atoms with Crippen LogP contribution in [-0.4, -0.2) is 17.9 Å². The summed E-state index contributed by atoms with van der Waals surface area (Å²) in [5.74, 6) is -0.306. The van der Waals surface area contributed by atoms with Crippen molar-refractivity contribution in [1.29, 1.82) is 0 Å². The molecule has 0 aliphatic rings. The molecule has 0 amide bonds. The van der Waals surface area contributed by atoms with Gasteiger partial charge in [-0.1, -0.05) is 0 Å². The summed E-state index contributed by atoms with van der Waals surface area (Å²) in [6, 6.07) is 2.86. The summed E-state index contributed by atoms with van der Waals surface area (Å²) in [6.45, 7) is 0. The highest BCUT2D eigenvalue weighted by molar-refractivity contribution is 7.12. The number of pyridine rings is 1. The number of aromatic nitrogens is 1. The van der Waals surface area contributed by atoms with Gasteiger partial charge in [0, 0.05) is 11.8 Å². The number of methoxy groups -OCH3 is 1. The Bertz CT molecular complexity index is 524. The van der Waals surface area contributed by atoms with E-state index in [2.05, 4.69) is 4.98 Å². The van der Waals surface area contributed by atoms with Crippen molar-refractivity contribution < 1.29 is 13.9 Å². The van der Waals surface area contributed by atoms with Gasteiger partial charge in [0.25, 0.3) is 0 Å². The van der Waals surface area contributed by atoms with E-state index in [1.807, 2.05) is 0 Å². The molecule has 0 atom stereocenters. The van der Waals surface area contributed by atoms with Crippen LogP contribution in [0.5, 0.6) is 5.75 Å². The van der Waals surface area contributed by atoms with Crippen LogP contribution in [0, 0.1) is 5.82 Å². The number of thiophene rings is 1. The van der Waals surface area contributed by atoms with Crippen LogP contribution in [0.25, 0.3) is 0 Å². The largest absolute Gasteiger partial charge is 0.495 e. The molecule has 0 bridgehead atoms. The molecule has 0 saturated heterocycles. The van der Waals surface area contributed by atoms with E-state index in [1.54, 1.807) is 11.4 Å². The summed E-state index contributed by atoms with van der Waals surface area (Å²) in [5, 5.41) is 1.75. The number of hydrogen-bond donors (Lipinski definition) is 0. The number of ketones is 1. The summed E-state index contributed by atoms with van der Waals surface area (Å²) >= 11 is 1.26. The Morgan fingerprint density at radius 1 is 1.50 bits per heavy atom. The summed E-state index contributed by atoms with van der Waals surface area (Å²) in [6.07, 6.45) is 2.40. The first-order valence-electron chi connectivity index (χ1n) is 4.49. The molecule has 2 aromatic heterocycles. The van der Waals surface area contributed by atoms with E-state index in [-0.39, 0.29) is 11.3 Å². The van der Waals surface area contributed by atoms with E-state index >= 15 is 0 Å². The molecule has 5 heteroatoms. The quantitative estimate of drug-likeness (QED) is 0.770. The number of halogens is 1.